The van der Waals surface area contributed by atoms with Crippen LogP contribution in [0.2, 0.25) is 0 Å². The summed E-state index contributed by atoms with van der Waals surface area (Å²) >= 11 is 0. The van der Waals surface area contributed by atoms with Gasteiger partial charge in [0.1, 0.15) is 0 Å². The van der Waals surface area contributed by atoms with Crippen molar-refractivity contribution in [3.63, 3.8) is 0 Å². The van der Waals surface area contributed by atoms with E-state index >= 15 is 0 Å². The molecule has 78 valence electrons. The van der Waals surface area contributed by atoms with Crippen molar-refractivity contribution in [3.05, 3.63) is 34.4 Å². The maximum atomic E-state index is 5.67. The summed E-state index contributed by atoms with van der Waals surface area (Å²) in [5.74, 6) is 0. The van der Waals surface area contributed by atoms with Crippen LogP contribution in [0.3, 0.4) is 0 Å². The first-order valence-electron chi connectivity index (χ1n) is 4.71. The van der Waals surface area contributed by atoms with Crippen molar-refractivity contribution in [3.8, 4) is 0 Å². The second-order valence-corrected chi connectivity index (χ2v) is 3.16. The van der Waals surface area contributed by atoms with Gasteiger partial charge in [0.25, 0.3) is 0 Å². The van der Waals surface area contributed by atoms with Gasteiger partial charge in [0.05, 0.1) is 0 Å². The molecule has 0 aliphatic heterocycles. The number of hydrogen-bond donors (Lipinski definition) is 4. The molecular formula is C10H18N4. The number of hydrogen-bond acceptors (Lipinski definition) is 4. The first kappa shape index (κ1) is 11.1. The van der Waals surface area contributed by atoms with Crippen molar-refractivity contribution in [1.29, 1.82) is 0 Å². The van der Waals surface area contributed by atoms with Gasteiger partial charge in [-0.05, 0) is 22.3 Å². The summed E-state index contributed by atoms with van der Waals surface area (Å²) in [4.78, 5) is 0. The Morgan fingerprint density at radius 2 is 1.00 bits per heavy atom. The van der Waals surface area contributed by atoms with Crippen LogP contribution >= 0.6 is 0 Å². The van der Waals surface area contributed by atoms with E-state index in [4.69, 9.17) is 22.9 Å². The molecular weight excluding hydrogens is 176 g/mol. The molecule has 0 atom stereocenters. The van der Waals surface area contributed by atoms with Gasteiger partial charge in [0.2, 0.25) is 0 Å². The Hall–Kier alpha value is -0.940. The lowest BCUT2D eigenvalue weighted by atomic mass is 9.95. The third kappa shape index (κ3) is 1.93. The van der Waals surface area contributed by atoms with Gasteiger partial charge >= 0.3 is 0 Å². The molecule has 0 bridgehead atoms. The number of benzene rings is 1. The van der Waals surface area contributed by atoms with Crippen molar-refractivity contribution in [2.75, 3.05) is 0 Å². The molecule has 0 aromatic heterocycles. The molecule has 0 unspecified atom stereocenters. The van der Waals surface area contributed by atoms with Gasteiger partial charge in [-0.2, -0.15) is 0 Å². The first-order chi connectivity index (χ1) is 6.78. The molecule has 0 heterocycles. The summed E-state index contributed by atoms with van der Waals surface area (Å²) in [6.45, 7) is 1.91. The quantitative estimate of drug-likeness (QED) is 0.519. The smallest absolute Gasteiger partial charge is 0.0184 e. The van der Waals surface area contributed by atoms with E-state index in [9.17, 15) is 0 Å². The maximum absolute atomic E-state index is 5.67. The predicted octanol–water partition coefficient (Wildman–Crippen LogP) is -0.479. The molecule has 0 saturated carbocycles. The Kier molecular flexibility index (Phi) is 4.03. The van der Waals surface area contributed by atoms with Crippen LogP contribution in [0, 0.1) is 0 Å². The highest BCUT2D eigenvalue weighted by Crippen LogP contribution is 2.18. The SMILES string of the molecule is NCc1ccc(CN)c(CN)c1CN. The molecule has 0 fully saturated rings. The largest absolute Gasteiger partial charge is 0.326 e. The average Bonchev–Trinajstić information content (AvgIpc) is 2.26. The van der Waals surface area contributed by atoms with Crippen LogP contribution < -0.4 is 22.9 Å². The van der Waals surface area contributed by atoms with E-state index in [1.165, 1.54) is 0 Å². The van der Waals surface area contributed by atoms with Crippen LogP contribution in [0.1, 0.15) is 22.3 Å². The summed E-state index contributed by atoms with van der Waals surface area (Å²) in [5.41, 5.74) is 26.8. The van der Waals surface area contributed by atoms with Crippen LogP contribution in [-0.2, 0) is 26.2 Å². The van der Waals surface area contributed by atoms with E-state index in [0.717, 1.165) is 22.3 Å². The Bertz CT molecular complexity index is 278. The van der Waals surface area contributed by atoms with Gasteiger partial charge in [-0.25, -0.2) is 0 Å². The molecule has 1 aromatic rings. The predicted molar refractivity (Wildman–Crippen MR) is 58.0 cm³/mol. The lowest BCUT2D eigenvalue weighted by molar-refractivity contribution is 0.896. The van der Waals surface area contributed by atoms with Crippen molar-refractivity contribution in [2.24, 2.45) is 22.9 Å². The molecule has 0 aliphatic rings. The third-order valence-electron chi connectivity index (χ3n) is 2.47. The fourth-order valence-corrected chi connectivity index (χ4v) is 1.68. The second-order valence-electron chi connectivity index (χ2n) is 3.16. The van der Waals surface area contributed by atoms with E-state index in [1.807, 2.05) is 12.1 Å². The minimum Gasteiger partial charge on any atom is -0.326 e. The zero-order valence-corrected chi connectivity index (χ0v) is 8.29. The molecule has 8 N–H and O–H groups in total. The van der Waals surface area contributed by atoms with E-state index in [0.29, 0.717) is 26.2 Å². The van der Waals surface area contributed by atoms with Gasteiger partial charge in [0.15, 0.2) is 0 Å². The van der Waals surface area contributed by atoms with Gasteiger partial charge in [-0.15, -0.1) is 0 Å². The summed E-state index contributed by atoms with van der Waals surface area (Å²) < 4.78 is 0. The fraction of sp³-hybridized carbons (Fsp3) is 0.400. The minimum atomic E-state index is 0.465. The van der Waals surface area contributed by atoms with Crippen LogP contribution in [0.5, 0.6) is 0 Å². The van der Waals surface area contributed by atoms with Crippen molar-refractivity contribution in [1.82, 2.24) is 0 Å². The molecule has 0 amide bonds. The van der Waals surface area contributed by atoms with E-state index in [-0.39, 0.29) is 0 Å². The van der Waals surface area contributed by atoms with Crippen LogP contribution in [-0.4, -0.2) is 0 Å². The zero-order chi connectivity index (χ0) is 10.6. The number of rotatable bonds is 4. The normalized spacial score (nSPS) is 10.6. The summed E-state index contributed by atoms with van der Waals surface area (Å²) in [6, 6.07) is 3.95. The molecule has 14 heavy (non-hydrogen) atoms. The Morgan fingerprint density at radius 3 is 1.21 bits per heavy atom. The topological polar surface area (TPSA) is 104 Å². The fourth-order valence-electron chi connectivity index (χ4n) is 1.68. The Balaban J connectivity index is 3.28. The minimum absolute atomic E-state index is 0.465. The van der Waals surface area contributed by atoms with E-state index in [1.54, 1.807) is 0 Å². The summed E-state index contributed by atoms with van der Waals surface area (Å²) in [6.07, 6.45) is 0. The average molecular weight is 194 g/mol. The standard InChI is InChI=1S/C10H18N4/c11-3-7-1-2-8(4-12)10(6-14)9(7)5-13/h1-2H,3-6,11-14H2. The second kappa shape index (κ2) is 5.07. The zero-order valence-electron chi connectivity index (χ0n) is 8.29. The maximum Gasteiger partial charge on any atom is 0.0184 e. The first-order valence-corrected chi connectivity index (χ1v) is 4.71. The van der Waals surface area contributed by atoms with Gasteiger partial charge in [-0.1, -0.05) is 12.1 Å². The highest BCUT2D eigenvalue weighted by Gasteiger charge is 2.08. The van der Waals surface area contributed by atoms with Gasteiger partial charge in [-0.3, -0.25) is 0 Å². The summed E-state index contributed by atoms with van der Waals surface area (Å²) in [5, 5.41) is 0. The molecule has 4 heteroatoms. The van der Waals surface area contributed by atoms with Crippen molar-refractivity contribution >= 4 is 0 Å². The van der Waals surface area contributed by atoms with Crippen LogP contribution in [0.25, 0.3) is 0 Å². The molecule has 1 aromatic carbocycles. The van der Waals surface area contributed by atoms with Crippen molar-refractivity contribution < 1.29 is 0 Å². The van der Waals surface area contributed by atoms with Crippen LogP contribution in [0.4, 0.5) is 0 Å². The Morgan fingerprint density at radius 1 is 0.643 bits per heavy atom. The molecule has 0 radical (unpaired) electrons. The molecule has 1 rings (SSSR count). The van der Waals surface area contributed by atoms with Crippen LogP contribution in [0.15, 0.2) is 12.1 Å². The third-order valence-corrected chi connectivity index (χ3v) is 2.47. The van der Waals surface area contributed by atoms with Gasteiger partial charge in [0, 0.05) is 26.2 Å². The van der Waals surface area contributed by atoms with E-state index in [2.05, 4.69) is 0 Å². The molecule has 0 aliphatic carbocycles. The van der Waals surface area contributed by atoms with Crippen molar-refractivity contribution in [2.45, 2.75) is 26.2 Å². The molecule has 0 spiro atoms. The van der Waals surface area contributed by atoms with Gasteiger partial charge < -0.3 is 22.9 Å². The molecule has 4 nitrogen and oxygen atoms in total. The number of nitrogens with two attached hydrogens (primary N) is 4. The highest BCUT2D eigenvalue weighted by molar-refractivity contribution is 5.41. The lowest BCUT2D eigenvalue weighted by Gasteiger charge is -2.14. The van der Waals surface area contributed by atoms with E-state index < -0.39 is 0 Å². The lowest BCUT2D eigenvalue weighted by Crippen LogP contribution is -2.15. The summed E-state index contributed by atoms with van der Waals surface area (Å²) in [7, 11) is 0. The highest BCUT2D eigenvalue weighted by atomic mass is 14.6. The monoisotopic (exact) mass is 194 g/mol. The molecule has 0 saturated heterocycles. The Labute approximate surface area is 84.3 Å².